The Hall–Kier alpha value is -6.91. The van der Waals surface area contributed by atoms with Crippen LogP contribution in [0.4, 0.5) is 17.1 Å². The molecular formula is C47H30N2O2. The van der Waals surface area contributed by atoms with E-state index in [1.165, 1.54) is 0 Å². The molecule has 51 heavy (non-hydrogen) atoms. The van der Waals surface area contributed by atoms with Gasteiger partial charge < -0.3 is 13.7 Å². The fraction of sp³-hybridized carbons (Fsp3) is 0. The van der Waals surface area contributed by atoms with E-state index < -0.39 is 0 Å². The van der Waals surface area contributed by atoms with Crippen LogP contribution in [0.25, 0.3) is 77.5 Å². The van der Waals surface area contributed by atoms with Gasteiger partial charge in [-0.15, -0.1) is 0 Å². The standard InChI is InChI=1S/C47H30N2O2/c1-2-12-32(13-3-1)37-17-6-8-22-43(37)49(35-28-29-45-41(30-35)39-18-7-9-23-44(39)50-45)34-26-24-33(25-27-34)38-19-11-21-42-46(38)51-47(48-42)40-20-10-15-31-14-4-5-16-36(31)40/h1-30H. The molecule has 0 aliphatic carbocycles. The topological polar surface area (TPSA) is 42.4 Å². The van der Waals surface area contributed by atoms with Crippen molar-refractivity contribution in [2.75, 3.05) is 4.90 Å². The molecule has 0 fully saturated rings. The van der Waals surface area contributed by atoms with Crippen LogP contribution < -0.4 is 4.90 Å². The third-order valence-corrected chi connectivity index (χ3v) is 9.72. The highest BCUT2D eigenvalue weighted by atomic mass is 16.3. The van der Waals surface area contributed by atoms with Crippen molar-refractivity contribution in [1.29, 1.82) is 0 Å². The normalized spacial score (nSPS) is 11.5. The molecule has 0 aliphatic heterocycles. The largest absolute Gasteiger partial charge is 0.456 e. The molecule has 0 amide bonds. The van der Waals surface area contributed by atoms with Crippen molar-refractivity contribution >= 4 is 60.9 Å². The lowest BCUT2D eigenvalue weighted by Crippen LogP contribution is -2.11. The van der Waals surface area contributed by atoms with Crippen molar-refractivity contribution in [2.24, 2.45) is 0 Å². The van der Waals surface area contributed by atoms with Gasteiger partial charge in [-0.2, -0.15) is 0 Å². The molecule has 2 heterocycles. The zero-order valence-electron chi connectivity index (χ0n) is 27.5. The van der Waals surface area contributed by atoms with E-state index in [2.05, 4.69) is 163 Å². The number of fused-ring (bicyclic) bond motifs is 5. The Morgan fingerprint density at radius 2 is 1.06 bits per heavy atom. The zero-order chi connectivity index (χ0) is 33.7. The maximum Gasteiger partial charge on any atom is 0.227 e. The van der Waals surface area contributed by atoms with Gasteiger partial charge >= 0.3 is 0 Å². The molecule has 0 saturated heterocycles. The van der Waals surface area contributed by atoms with Crippen molar-refractivity contribution < 1.29 is 8.83 Å². The van der Waals surface area contributed by atoms with Crippen LogP contribution in [0.2, 0.25) is 0 Å². The number of oxazole rings is 1. The van der Waals surface area contributed by atoms with Crippen molar-refractivity contribution in [1.82, 2.24) is 4.98 Å². The Morgan fingerprint density at radius 1 is 0.412 bits per heavy atom. The summed E-state index contributed by atoms with van der Waals surface area (Å²) < 4.78 is 12.8. The maximum absolute atomic E-state index is 6.57. The van der Waals surface area contributed by atoms with E-state index in [1.807, 2.05) is 24.3 Å². The lowest BCUT2D eigenvalue weighted by molar-refractivity contribution is 0.621. The molecule has 10 aromatic rings. The fourth-order valence-electron chi connectivity index (χ4n) is 7.30. The van der Waals surface area contributed by atoms with E-state index >= 15 is 0 Å². The summed E-state index contributed by atoms with van der Waals surface area (Å²) in [6, 6.07) is 63.3. The average Bonchev–Trinajstić information content (AvgIpc) is 3.80. The second-order valence-electron chi connectivity index (χ2n) is 12.7. The highest BCUT2D eigenvalue weighted by Gasteiger charge is 2.20. The highest BCUT2D eigenvalue weighted by Crippen LogP contribution is 2.43. The minimum atomic E-state index is 0.622. The van der Waals surface area contributed by atoms with Gasteiger partial charge in [-0.3, -0.25) is 0 Å². The maximum atomic E-state index is 6.57. The summed E-state index contributed by atoms with van der Waals surface area (Å²) >= 11 is 0. The first kappa shape index (κ1) is 29.0. The Balaban J connectivity index is 1.11. The molecule has 2 aromatic heterocycles. The van der Waals surface area contributed by atoms with Gasteiger partial charge in [0.05, 0.1) is 5.69 Å². The lowest BCUT2D eigenvalue weighted by atomic mass is 10.0. The van der Waals surface area contributed by atoms with E-state index in [9.17, 15) is 0 Å². The number of anilines is 3. The molecule has 0 aliphatic rings. The third-order valence-electron chi connectivity index (χ3n) is 9.72. The van der Waals surface area contributed by atoms with Crippen LogP contribution in [0.5, 0.6) is 0 Å². The second-order valence-corrected chi connectivity index (χ2v) is 12.7. The molecule has 0 atom stereocenters. The van der Waals surface area contributed by atoms with Gasteiger partial charge in [0, 0.05) is 38.8 Å². The van der Waals surface area contributed by atoms with Gasteiger partial charge in [0.1, 0.15) is 16.7 Å². The van der Waals surface area contributed by atoms with Crippen molar-refractivity contribution in [2.45, 2.75) is 0 Å². The minimum Gasteiger partial charge on any atom is -0.456 e. The summed E-state index contributed by atoms with van der Waals surface area (Å²) in [7, 11) is 0. The summed E-state index contributed by atoms with van der Waals surface area (Å²) in [5.41, 5.74) is 11.9. The zero-order valence-corrected chi connectivity index (χ0v) is 27.5. The molecular weight excluding hydrogens is 625 g/mol. The predicted octanol–water partition coefficient (Wildman–Crippen LogP) is 13.4. The Morgan fingerprint density at radius 3 is 1.96 bits per heavy atom. The molecule has 0 bridgehead atoms. The lowest BCUT2D eigenvalue weighted by Gasteiger charge is -2.28. The Labute approximate surface area is 294 Å². The van der Waals surface area contributed by atoms with Gasteiger partial charge in [-0.1, -0.05) is 127 Å². The molecule has 10 rings (SSSR count). The van der Waals surface area contributed by atoms with Crippen LogP contribution in [0.15, 0.2) is 191 Å². The van der Waals surface area contributed by atoms with Crippen LogP contribution in [0.1, 0.15) is 0 Å². The fourth-order valence-corrected chi connectivity index (χ4v) is 7.30. The summed E-state index contributed by atoms with van der Waals surface area (Å²) in [4.78, 5) is 7.28. The van der Waals surface area contributed by atoms with Crippen LogP contribution in [-0.4, -0.2) is 4.98 Å². The highest BCUT2D eigenvalue weighted by molar-refractivity contribution is 6.07. The first-order chi connectivity index (χ1) is 25.3. The number of aromatic nitrogens is 1. The van der Waals surface area contributed by atoms with Crippen molar-refractivity contribution in [3.8, 4) is 33.7 Å². The molecule has 0 N–H and O–H groups in total. The molecule has 240 valence electrons. The SMILES string of the molecule is c1ccc(-c2ccccc2N(c2ccc(-c3cccc4nc(-c5cccc6ccccc56)oc34)cc2)c2ccc3oc4ccccc4c3c2)cc1. The predicted molar refractivity (Wildman–Crippen MR) is 210 cm³/mol. The molecule has 4 heteroatoms. The van der Waals surface area contributed by atoms with E-state index in [-0.39, 0.29) is 0 Å². The number of para-hydroxylation sites is 3. The number of hydrogen-bond donors (Lipinski definition) is 0. The molecule has 0 saturated carbocycles. The number of hydrogen-bond acceptors (Lipinski definition) is 4. The minimum absolute atomic E-state index is 0.622. The Bertz CT molecular complexity index is 2860. The molecule has 0 radical (unpaired) electrons. The van der Waals surface area contributed by atoms with Gasteiger partial charge in [-0.25, -0.2) is 4.98 Å². The summed E-state index contributed by atoms with van der Waals surface area (Å²) in [5, 5.41) is 4.46. The summed E-state index contributed by atoms with van der Waals surface area (Å²) in [5.74, 6) is 0.622. The summed E-state index contributed by atoms with van der Waals surface area (Å²) in [6.07, 6.45) is 0. The molecule has 0 unspecified atom stereocenters. The van der Waals surface area contributed by atoms with Crippen molar-refractivity contribution in [3.05, 3.63) is 182 Å². The van der Waals surface area contributed by atoms with Crippen LogP contribution in [0.3, 0.4) is 0 Å². The smallest absolute Gasteiger partial charge is 0.227 e. The third kappa shape index (κ3) is 4.96. The van der Waals surface area contributed by atoms with Crippen LogP contribution in [0, 0.1) is 0 Å². The van der Waals surface area contributed by atoms with E-state index in [1.54, 1.807) is 0 Å². The van der Waals surface area contributed by atoms with Gasteiger partial charge in [0.25, 0.3) is 0 Å². The monoisotopic (exact) mass is 654 g/mol. The number of furan rings is 1. The van der Waals surface area contributed by atoms with E-state index in [0.717, 1.165) is 88.7 Å². The first-order valence-electron chi connectivity index (χ1n) is 17.1. The number of nitrogens with zero attached hydrogens (tertiary/aromatic N) is 2. The number of rotatable bonds is 6. The van der Waals surface area contributed by atoms with Crippen LogP contribution >= 0.6 is 0 Å². The number of benzene rings is 8. The van der Waals surface area contributed by atoms with Gasteiger partial charge in [0.2, 0.25) is 5.89 Å². The molecule has 8 aromatic carbocycles. The van der Waals surface area contributed by atoms with Gasteiger partial charge in [0.15, 0.2) is 5.58 Å². The second kappa shape index (κ2) is 11.9. The van der Waals surface area contributed by atoms with E-state index in [4.69, 9.17) is 13.8 Å². The van der Waals surface area contributed by atoms with Crippen LogP contribution in [-0.2, 0) is 0 Å². The average molecular weight is 655 g/mol. The quantitative estimate of drug-likeness (QED) is 0.179. The first-order valence-corrected chi connectivity index (χ1v) is 17.1. The Kier molecular flexibility index (Phi) is 6.78. The van der Waals surface area contributed by atoms with E-state index in [0.29, 0.717) is 5.89 Å². The molecule has 0 spiro atoms. The van der Waals surface area contributed by atoms with Crippen molar-refractivity contribution in [3.63, 3.8) is 0 Å². The molecule has 4 nitrogen and oxygen atoms in total. The van der Waals surface area contributed by atoms with Gasteiger partial charge in [-0.05, 0) is 76.5 Å². The summed E-state index contributed by atoms with van der Waals surface area (Å²) in [6.45, 7) is 0.